The SMILES string of the molecule is CN(C)c1ccc(Cn2nccc2NC(=O)c2ccc(OC(F)(F)F)cc2)cc1. The van der Waals surface area contributed by atoms with Gasteiger partial charge in [0.2, 0.25) is 0 Å². The number of carbonyl (C=O) groups is 1. The number of nitrogens with one attached hydrogen (secondary N) is 1. The lowest BCUT2D eigenvalue weighted by Gasteiger charge is -2.13. The summed E-state index contributed by atoms with van der Waals surface area (Å²) in [4.78, 5) is 14.4. The number of halogens is 3. The Morgan fingerprint density at radius 2 is 1.72 bits per heavy atom. The zero-order valence-corrected chi connectivity index (χ0v) is 15.8. The molecule has 1 heterocycles. The fourth-order valence-corrected chi connectivity index (χ4v) is 2.63. The average molecular weight is 404 g/mol. The minimum atomic E-state index is -4.78. The standard InChI is InChI=1S/C20H19F3N4O2/c1-26(2)16-7-3-14(4-8-16)13-27-18(11-12-24-27)25-19(28)15-5-9-17(10-6-15)29-20(21,22)23/h3-12H,13H2,1-2H3,(H,25,28). The summed E-state index contributed by atoms with van der Waals surface area (Å²) in [6.07, 6.45) is -3.22. The third-order valence-electron chi connectivity index (χ3n) is 4.09. The lowest BCUT2D eigenvalue weighted by Crippen LogP contribution is -2.18. The van der Waals surface area contributed by atoms with Gasteiger partial charge >= 0.3 is 6.36 Å². The van der Waals surface area contributed by atoms with Crippen molar-refractivity contribution >= 4 is 17.4 Å². The van der Waals surface area contributed by atoms with Crippen molar-refractivity contribution in [2.45, 2.75) is 12.9 Å². The molecule has 1 aromatic heterocycles. The Balaban J connectivity index is 1.67. The molecule has 3 rings (SSSR count). The van der Waals surface area contributed by atoms with Gasteiger partial charge in [-0.15, -0.1) is 13.2 Å². The molecule has 6 nitrogen and oxygen atoms in total. The molecule has 0 aliphatic carbocycles. The van der Waals surface area contributed by atoms with Crippen LogP contribution in [-0.4, -0.2) is 36.1 Å². The van der Waals surface area contributed by atoms with Gasteiger partial charge in [0.1, 0.15) is 11.6 Å². The minimum absolute atomic E-state index is 0.197. The highest BCUT2D eigenvalue weighted by atomic mass is 19.4. The predicted molar refractivity (Wildman–Crippen MR) is 103 cm³/mol. The van der Waals surface area contributed by atoms with Crippen LogP contribution in [0.5, 0.6) is 5.75 Å². The van der Waals surface area contributed by atoms with Crippen LogP contribution < -0.4 is 15.0 Å². The summed E-state index contributed by atoms with van der Waals surface area (Å²) in [6.45, 7) is 0.453. The van der Waals surface area contributed by atoms with E-state index in [9.17, 15) is 18.0 Å². The van der Waals surface area contributed by atoms with E-state index in [4.69, 9.17) is 0 Å². The maximum Gasteiger partial charge on any atom is 0.573 e. The first-order valence-electron chi connectivity index (χ1n) is 8.66. The first-order valence-corrected chi connectivity index (χ1v) is 8.66. The fraction of sp³-hybridized carbons (Fsp3) is 0.200. The maximum atomic E-state index is 12.4. The van der Waals surface area contributed by atoms with Gasteiger partial charge in [-0.2, -0.15) is 5.10 Å². The van der Waals surface area contributed by atoms with Gasteiger partial charge in [-0.05, 0) is 42.0 Å². The minimum Gasteiger partial charge on any atom is -0.406 e. The summed E-state index contributed by atoms with van der Waals surface area (Å²) in [7, 11) is 3.91. The van der Waals surface area contributed by atoms with Crippen LogP contribution >= 0.6 is 0 Å². The summed E-state index contributed by atoms with van der Waals surface area (Å²) in [5.41, 5.74) is 2.27. The number of aromatic nitrogens is 2. The highest BCUT2D eigenvalue weighted by molar-refractivity contribution is 6.03. The summed E-state index contributed by atoms with van der Waals surface area (Å²) in [5.74, 6) is -0.379. The fourth-order valence-electron chi connectivity index (χ4n) is 2.63. The Hall–Kier alpha value is -3.49. The molecule has 0 aliphatic heterocycles. The Bertz CT molecular complexity index is 965. The van der Waals surface area contributed by atoms with Gasteiger partial charge in [0.05, 0.1) is 12.7 Å². The first-order chi connectivity index (χ1) is 13.7. The third-order valence-corrected chi connectivity index (χ3v) is 4.09. The molecular formula is C20H19F3N4O2. The molecule has 0 unspecified atom stereocenters. The third kappa shape index (κ3) is 5.50. The van der Waals surface area contributed by atoms with E-state index in [1.807, 2.05) is 43.3 Å². The second-order valence-electron chi connectivity index (χ2n) is 6.46. The molecule has 1 amide bonds. The summed E-state index contributed by atoms with van der Waals surface area (Å²) >= 11 is 0. The van der Waals surface area contributed by atoms with E-state index in [1.165, 1.54) is 12.1 Å². The van der Waals surface area contributed by atoms with Crippen molar-refractivity contribution in [1.29, 1.82) is 0 Å². The predicted octanol–water partition coefficient (Wildman–Crippen LogP) is 4.15. The van der Waals surface area contributed by atoms with Crippen molar-refractivity contribution in [2.24, 2.45) is 0 Å². The molecule has 0 bridgehead atoms. The van der Waals surface area contributed by atoms with Crippen LogP contribution in [0.15, 0.2) is 60.8 Å². The molecular weight excluding hydrogens is 385 g/mol. The number of hydrogen-bond acceptors (Lipinski definition) is 4. The van der Waals surface area contributed by atoms with Gasteiger partial charge in [-0.1, -0.05) is 12.1 Å². The van der Waals surface area contributed by atoms with Crippen LogP contribution in [0.4, 0.5) is 24.7 Å². The Morgan fingerprint density at radius 1 is 1.07 bits per heavy atom. The van der Waals surface area contributed by atoms with Crippen molar-refractivity contribution in [1.82, 2.24) is 9.78 Å². The van der Waals surface area contributed by atoms with E-state index in [1.54, 1.807) is 16.9 Å². The first kappa shape index (κ1) is 20.2. The van der Waals surface area contributed by atoms with E-state index in [0.717, 1.165) is 23.4 Å². The average Bonchev–Trinajstić information content (AvgIpc) is 3.08. The van der Waals surface area contributed by atoms with Crippen molar-refractivity contribution in [3.8, 4) is 5.75 Å². The van der Waals surface area contributed by atoms with Crippen molar-refractivity contribution in [2.75, 3.05) is 24.3 Å². The number of benzene rings is 2. The van der Waals surface area contributed by atoms with Crippen molar-refractivity contribution in [3.63, 3.8) is 0 Å². The zero-order valence-electron chi connectivity index (χ0n) is 15.8. The molecule has 0 saturated carbocycles. The second kappa shape index (κ2) is 8.26. The summed E-state index contributed by atoms with van der Waals surface area (Å²) < 4.78 is 42.1. The summed E-state index contributed by atoms with van der Waals surface area (Å²) in [6, 6.07) is 14.3. The monoisotopic (exact) mass is 404 g/mol. The number of anilines is 2. The van der Waals surface area contributed by atoms with Crippen molar-refractivity contribution in [3.05, 3.63) is 71.9 Å². The number of carbonyl (C=O) groups excluding carboxylic acids is 1. The van der Waals surface area contributed by atoms with Gasteiger partial charge in [0.15, 0.2) is 0 Å². The van der Waals surface area contributed by atoms with E-state index in [0.29, 0.717) is 12.4 Å². The van der Waals surface area contributed by atoms with E-state index in [2.05, 4.69) is 15.2 Å². The van der Waals surface area contributed by atoms with Crippen LogP contribution in [0, 0.1) is 0 Å². The number of alkyl halides is 3. The van der Waals surface area contributed by atoms with Crippen LogP contribution in [-0.2, 0) is 6.54 Å². The molecule has 0 aliphatic rings. The molecule has 0 spiro atoms. The lowest BCUT2D eigenvalue weighted by molar-refractivity contribution is -0.274. The molecule has 152 valence electrons. The van der Waals surface area contributed by atoms with Crippen molar-refractivity contribution < 1.29 is 22.7 Å². The van der Waals surface area contributed by atoms with E-state index in [-0.39, 0.29) is 11.3 Å². The quantitative estimate of drug-likeness (QED) is 0.671. The molecule has 29 heavy (non-hydrogen) atoms. The zero-order chi connectivity index (χ0) is 21.0. The molecule has 0 radical (unpaired) electrons. The van der Waals surface area contributed by atoms with Gasteiger partial charge in [-0.25, -0.2) is 4.68 Å². The summed E-state index contributed by atoms with van der Waals surface area (Å²) in [5, 5.41) is 6.93. The molecule has 3 aromatic rings. The molecule has 0 fully saturated rings. The number of rotatable bonds is 6. The Kier molecular flexibility index (Phi) is 5.76. The van der Waals surface area contributed by atoms with Gasteiger partial charge < -0.3 is 15.0 Å². The van der Waals surface area contributed by atoms with Crippen LogP contribution in [0.3, 0.4) is 0 Å². The number of amides is 1. The second-order valence-corrected chi connectivity index (χ2v) is 6.46. The van der Waals surface area contributed by atoms with Crippen LogP contribution in [0.1, 0.15) is 15.9 Å². The lowest BCUT2D eigenvalue weighted by atomic mass is 10.2. The molecule has 0 atom stereocenters. The van der Waals surface area contributed by atoms with Gasteiger partial charge in [0.25, 0.3) is 5.91 Å². The number of nitrogens with zero attached hydrogens (tertiary/aromatic N) is 3. The molecule has 0 saturated heterocycles. The Labute approximate surface area is 165 Å². The normalized spacial score (nSPS) is 11.2. The van der Waals surface area contributed by atoms with Gasteiger partial charge in [-0.3, -0.25) is 4.79 Å². The maximum absolute atomic E-state index is 12.4. The van der Waals surface area contributed by atoms with Crippen LogP contribution in [0.25, 0.3) is 0 Å². The van der Waals surface area contributed by atoms with E-state index >= 15 is 0 Å². The highest BCUT2D eigenvalue weighted by Gasteiger charge is 2.31. The van der Waals surface area contributed by atoms with E-state index < -0.39 is 12.3 Å². The molecule has 1 N–H and O–H groups in total. The Morgan fingerprint density at radius 3 is 2.31 bits per heavy atom. The van der Waals surface area contributed by atoms with Crippen LogP contribution in [0.2, 0.25) is 0 Å². The largest absolute Gasteiger partial charge is 0.573 e. The smallest absolute Gasteiger partial charge is 0.406 e. The molecule has 2 aromatic carbocycles. The topological polar surface area (TPSA) is 59.4 Å². The number of ether oxygens (including phenoxy) is 1. The number of hydrogen-bond donors (Lipinski definition) is 1. The highest BCUT2D eigenvalue weighted by Crippen LogP contribution is 2.23. The molecule has 9 heteroatoms. The van der Waals surface area contributed by atoms with Gasteiger partial charge in [0, 0.05) is 31.4 Å².